The highest BCUT2D eigenvalue weighted by atomic mass is 32.1. The number of Topliss-reactive ketones (excluding diaryl/α,β-unsaturated/α-hetero) is 1. The maximum Gasteiger partial charge on any atom is 0.161 e. The number of carbonyl (C=O) groups is 1. The number of nitrogens with one attached hydrogen (secondary N) is 1. The first kappa shape index (κ1) is 14.8. The van der Waals surface area contributed by atoms with Crippen molar-refractivity contribution in [1.82, 2.24) is 4.98 Å². The number of thiophene rings is 1. The highest BCUT2D eigenvalue weighted by molar-refractivity contribution is 7.10. The molecule has 1 aromatic carbocycles. The van der Waals surface area contributed by atoms with Gasteiger partial charge in [0.05, 0.1) is 11.4 Å². The molecule has 1 atom stereocenters. The topological polar surface area (TPSA) is 42.0 Å². The molecule has 2 aromatic heterocycles. The van der Waals surface area contributed by atoms with Gasteiger partial charge in [-0.1, -0.05) is 6.07 Å². The molecule has 0 bridgehead atoms. The van der Waals surface area contributed by atoms with Crippen molar-refractivity contribution < 1.29 is 4.79 Å². The zero-order chi connectivity index (χ0) is 17.0. The molecule has 0 amide bonds. The van der Waals surface area contributed by atoms with Crippen molar-refractivity contribution in [3.8, 4) is 0 Å². The molecule has 4 heteroatoms. The average Bonchev–Trinajstić information content (AvgIpc) is 3.05. The maximum absolute atomic E-state index is 12.9. The van der Waals surface area contributed by atoms with Crippen molar-refractivity contribution in [2.45, 2.75) is 32.1 Å². The number of aryl methyl sites for hydroxylation is 1. The molecule has 3 heterocycles. The summed E-state index contributed by atoms with van der Waals surface area (Å²) in [4.78, 5) is 18.7. The number of hydrogen-bond acceptors (Lipinski definition) is 4. The molecule has 0 fully saturated rings. The van der Waals surface area contributed by atoms with Crippen molar-refractivity contribution in [3.05, 3.63) is 69.2 Å². The molecule has 1 N–H and O–H groups in total. The van der Waals surface area contributed by atoms with Gasteiger partial charge in [0.25, 0.3) is 0 Å². The van der Waals surface area contributed by atoms with E-state index in [-0.39, 0.29) is 11.7 Å². The predicted molar refractivity (Wildman–Crippen MR) is 102 cm³/mol. The smallest absolute Gasteiger partial charge is 0.161 e. The van der Waals surface area contributed by atoms with Gasteiger partial charge in [0.15, 0.2) is 5.78 Å². The van der Waals surface area contributed by atoms with E-state index in [4.69, 9.17) is 0 Å². The van der Waals surface area contributed by atoms with Gasteiger partial charge < -0.3 is 5.32 Å². The third-order valence-electron chi connectivity index (χ3n) is 5.31. The molecule has 1 aliphatic carbocycles. The quantitative estimate of drug-likeness (QED) is 0.661. The number of rotatable bonds is 1. The van der Waals surface area contributed by atoms with E-state index >= 15 is 0 Å². The van der Waals surface area contributed by atoms with Crippen molar-refractivity contribution in [2.75, 3.05) is 5.32 Å². The van der Waals surface area contributed by atoms with E-state index < -0.39 is 0 Å². The summed E-state index contributed by atoms with van der Waals surface area (Å²) in [5, 5.41) is 6.83. The third-order valence-corrected chi connectivity index (χ3v) is 6.39. The van der Waals surface area contributed by atoms with E-state index in [1.165, 1.54) is 16.0 Å². The first-order valence-corrected chi connectivity index (χ1v) is 9.57. The molecular weight excluding hydrogens is 328 g/mol. The molecule has 124 valence electrons. The standard InChI is InChI=1S/C21H18N2OS/c1-12-9-11-25-21(12)20-18-13-4-3-10-22-14(13)7-8-16(18)23-15-5-2-6-17(24)19(15)20/h3-4,7-11,20,23H,2,5-6H2,1H3. The number of fused-ring (bicyclic) bond motifs is 3. The van der Waals surface area contributed by atoms with Gasteiger partial charge in [-0.25, -0.2) is 0 Å². The van der Waals surface area contributed by atoms with Crippen LogP contribution in [0.2, 0.25) is 0 Å². The second-order valence-corrected chi connectivity index (χ2v) is 7.74. The minimum absolute atomic E-state index is 0.0203. The van der Waals surface area contributed by atoms with Crippen LogP contribution in [-0.2, 0) is 4.79 Å². The highest BCUT2D eigenvalue weighted by Crippen LogP contribution is 2.49. The SMILES string of the molecule is Cc1ccsc1C1C2=C(CCCC2=O)Nc2ccc3ncccc3c21. The fourth-order valence-electron chi connectivity index (χ4n) is 4.17. The second-order valence-electron chi connectivity index (χ2n) is 6.79. The van der Waals surface area contributed by atoms with Crippen molar-refractivity contribution in [1.29, 1.82) is 0 Å². The van der Waals surface area contributed by atoms with Crippen LogP contribution in [0.3, 0.4) is 0 Å². The minimum atomic E-state index is 0.0203. The van der Waals surface area contributed by atoms with Gasteiger partial charge in [-0.05, 0) is 60.5 Å². The zero-order valence-electron chi connectivity index (χ0n) is 14.0. The molecule has 0 saturated heterocycles. The normalized spacial score (nSPS) is 19.6. The Balaban J connectivity index is 1.86. The summed E-state index contributed by atoms with van der Waals surface area (Å²) in [5.41, 5.74) is 6.64. The summed E-state index contributed by atoms with van der Waals surface area (Å²) in [6.45, 7) is 2.14. The lowest BCUT2D eigenvalue weighted by atomic mass is 9.76. The molecule has 3 nitrogen and oxygen atoms in total. The molecule has 0 spiro atoms. The number of ketones is 1. The molecule has 2 aliphatic rings. The summed E-state index contributed by atoms with van der Waals surface area (Å²) >= 11 is 1.75. The number of pyridine rings is 1. The number of aromatic nitrogens is 1. The lowest BCUT2D eigenvalue weighted by Crippen LogP contribution is -2.27. The fraction of sp³-hybridized carbons (Fsp3) is 0.238. The van der Waals surface area contributed by atoms with Gasteiger partial charge in [-0.2, -0.15) is 0 Å². The Kier molecular flexibility index (Phi) is 3.28. The van der Waals surface area contributed by atoms with Gasteiger partial charge in [-0.15, -0.1) is 11.3 Å². The van der Waals surface area contributed by atoms with Crippen molar-refractivity contribution in [2.24, 2.45) is 0 Å². The summed E-state index contributed by atoms with van der Waals surface area (Å²) in [5.74, 6) is 0.310. The number of carbonyl (C=O) groups excluding carboxylic acids is 1. The average molecular weight is 346 g/mol. The Morgan fingerprint density at radius 3 is 2.96 bits per heavy atom. The lowest BCUT2D eigenvalue weighted by Gasteiger charge is -2.34. The molecule has 1 aliphatic heterocycles. The van der Waals surface area contributed by atoms with Crippen LogP contribution < -0.4 is 5.32 Å². The largest absolute Gasteiger partial charge is 0.358 e. The number of hydrogen-bond donors (Lipinski definition) is 1. The van der Waals surface area contributed by atoms with E-state index in [1.54, 1.807) is 11.3 Å². The van der Waals surface area contributed by atoms with Crippen molar-refractivity contribution >= 4 is 33.7 Å². The molecule has 0 radical (unpaired) electrons. The molecule has 5 rings (SSSR count). The number of benzene rings is 1. The summed E-state index contributed by atoms with van der Waals surface area (Å²) in [7, 11) is 0. The van der Waals surface area contributed by atoms with Crippen LogP contribution in [0.4, 0.5) is 5.69 Å². The van der Waals surface area contributed by atoms with E-state index in [0.717, 1.165) is 40.7 Å². The summed E-state index contributed by atoms with van der Waals surface area (Å²) in [6.07, 6.45) is 4.37. The molecule has 1 unspecified atom stereocenters. The van der Waals surface area contributed by atoms with Crippen LogP contribution in [-0.4, -0.2) is 10.8 Å². The van der Waals surface area contributed by atoms with E-state index in [0.29, 0.717) is 6.42 Å². The molecule has 3 aromatic rings. The van der Waals surface area contributed by atoms with Gasteiger partial charge >= 0.3 is 0 Å². The molecular formula is C21H18N2OS. The van der Waals surface area contributed by atoms with Gasteiger partial charge in [0, 0.05) is 39.8 Å². The van der Waals surface area contributed by atoms with Gasteiger partial charge in [-0.3, -0.25) is 9.78 Å². The third kappa shape index (κ3) is 2.17. The predicted octanol–water partition coefficient (Wildman–Crippen LogP) is 5.17. The van der Waals surface area contributed by atoms with Gasteiger partial charge in [0.1, 0.15) is 0 Å². The number of nitrogens with zero attached hydrogens (tertiary/aromatic N) is 1. The number of anilines is 1. The Bertz CT molecular complexity index is 1050. The van der Waals surface area contributed by atoms with E-state index in [2.05, 4.69) is 46.9 Å². The monoisotopic (exact) mass is 346 g/mol. The first-order chi connectivity index (χ1) is 12.2. The highest BCUT2D eigenvalue weighted by Gasteiger charge is 2.37. The van der Waals surface area contributed by atoms with Gasteiger partial charge in [0.2, 0.25) is 0 Å². The Morgan fingerprint density at radius 1 is 1.20 bits per heavy atom. The summed E-state index contributed by atoms with van der Waals surface area (Å²) < 4.78 is 0. The molecule has 0 saturated carbocycles. The fourth-order valence-corrected chi connectivity index (χ4v) is 5.22. The van der Waals surface area contributed by atoms with Crippen LogP contribution in [0.15, 0.2) is 53.2 Å². The van der Waals surface area contributed by atoms with Crippen LogP contribution in [0, 0.1) is 6.92 Å². The summed E-state index contributed by atoms with van der Waals surface area (Å²) in [6, 6.07) is 10.4. The van der Waals surface area contributed by atoms with Crippen molar-refractivity contribution in [3.63, 3.8) is 0 Å². The van der Waals surface area contributed by atoms with E-state index in [1.807, 2.05) is 12.3 Å². The van der Waals surface area contributed by atoms with Crippen LogP contribution in [0.1, 0.15) is 41.2 Å². The number of allylic oxidation sites excluding steroid dienone is 2. The maximum atomic E-state index is 12.9. The minimum Gasteiger partial charge on any atom is -0.358 e. The molecule has 25 heavy (non-hydrogen) atoms. The zero-order valence-corrected chi connectivity index (χ0v) is 14.8. The van der Waals surface area contributed by atoms with E-state index in [9.17, 15) is 4.79 Å². The second kappa shape index (κ2) is 5.53. The van der Waals surface area contributed by atoms with Crippen LogP contribution in [0.25, 0.3) is 10.9 Å². The Labute approximate surface area is 150 Å². The van der Waals surface area contributed by atoms with Crippen LogP contribution in [0.5, 0.6) is 0 Å². The lowest BCUT2D eigenvalue weighted by molar-refractivity contribution is -0.116. The first-order valence-electron chi connectivity index (χ1n) is 8.69. The Morgan fingerprint density at radius 2 is 2.12 bits per heavy atom. The Hall–Kier alpha value is -2.46. The van der Waals surface area contributed by atoms with Crippen LogP contribution >= 0.6 is 11.3 Å².